The number of hydrogen-bond acceptors (Lipinski definition) is 29. The Kier molecular flexibility index (Phi) is 83.4. The van der Waals surface area contributed by atoms with Gasteiger partial charge in [-0.2, -0.15) is 0 Å². The number of methoxy groups -OCH3 is 6. The third-order valence-electron chi connectivity index (χ3n) is 31.1. The summed E-state index contributed by atoms with van der Waals surface area (Å²) in [6, 6.07) is 6.95. The summed E-state index contributed by atoms with van der Waals surface area (Å²) in [4.78, 5) is 50.6. The summed E-state index contributed by atoms with van der Waals surface area (Å²) in [5, 5.41) is 0. The van der Waals surface area contributed by atoms with E-state index in [4.69, 9.17) is 42.6 Å². The van der Waals surface area contributed by atoms with Gasteiger partial charge >= 0.3 is 0 Å². The molecule has 147 heavy (non-hydrogen) atoms. The number of piperazine rings is 10. The third kappa shape index (κ3) is 70.4. The highest BCUT2D eigenvalue weighted by atomic mass is 16.5. The fourth-order valence-electron chi connectivity index (χ4n) is 19.8. The predicted octanol–water partition coefficient (Wildman–Crippen LogP) is 14.3. The van der Waals surface area contributed by atoms with Gasteiger partial charge in [0.15, 0.2) is 0 Å². The molecule has 10 saturated heterocycles. The molecule has 0 aromatic carbocycles. The molecule has 0 aromatic rings. The molecule has 0 bridgehead atoms. The lowest BCUT2D eigenvalue weighted by Crippen LogP contribution is -2.52. The Labute approximate surface area is 915 Å². The van der Waals surface area contributed by atoms with Crippen molar-refractivity contribution in [3.63, 3.8) is 0 Å². The van der Waals surface area contributed by atoms with Crippen molar-refractivity contribution in [3.8, 4) is 0 Å². The lowest BCUT2D eigenvalue weighted by atomic mass is 9.88. The highest BCUT2D eigenvalue weighted by Gasteiger charge is 2.33. The normalized spacial score (nSPS) is 21.2. The smallest absolute Gasteiger partial charge is 0.0749 e. The molecule has 0 saturated carbocycles. The average Bonchev–Trinajstić information content (AvgIpc) is 0.845. The van der Waals surface area contributed by atoms with Crippen LogP contribution in [0.4, 0.5) is 0 Å². The van der Waals surface area contributed by atoms with Gasteiger partial charge in [0.25, 0.3) is 0 Å². The first-order valence-electron chi connectivity index (χ1n) is 59.5. The van der Waals surface area contributed by atoms with Gasteiger partial charge in [0, 0.05) is 437 Å². The molecule has 3 unspecified atom stereocenters. The van der Waals surface area contributed by atoms with Gasteiger partial charge in [0.2, 0.25) is 0 Å². The minimum atomic E-state index is -0.0139. The van der Waals surface area contributed by atoms with E-state index >= 15 is 0 Å². The van der Waals surface area contributed by atoms with Crippen molar-refractivity contribution < 1.29 is 42.6 Å². The molecule has 0 spiro atoms. The summed E-state index contributed by atoms with van der Waals surface area (Å²) in [5.74, 6) is 0.605. The van der Waals surface area contributed by atoms with Gasteiger partial charge in [0.05, 0.1) is 62.0 Å². The van der Waals surface area contributed by atoms with Crippen molar-refractivity contribution in [3.05, 3.63) is 0 Å². The standard InChI is InChI=1S/C14H30N2O.2C13H28N2O.2C12H26N2O.3C11H24N2O.C10H22N2O.C10H22N2.CH4/c1-12(2)16-9-7-15(8-10-16)11-13(17-6)14(3,4)5;1-12(2)15-8-6-14(7-9-15)10-11-16-13(3,4)5;1-11(2)13(16-5)10-14-6-8-15(9-7-14)12(3)4;1-11(2)14-8-6-13(7-9-14)10-12(3,4)15-5;1-11(2)14-7-5-13(6-8-14)9-10-15-12(3)4;1-10(2)13-7-5-12(6-8-13)9-11(3)14-4;1-11(2)13-8-6-12(7-9-13)5-4-10-14-3;1-4-14-10-9-12-5-7-13(8-6-12)11(2)3;1-10(2)12-6-4-11(5-7-12)8-9-13-3;1-4-5-11-6-8-12(9-7-11)10(2)3;/h12-13H,7-11H2,1-6H3;12H,6-11H2,1-5H3;11-13H,6-10H2,1-5H3;11H,6-10H2,1-5H3;11-12H,5-10H2,1-4H3;10-11H,5-9H2,1-4H3;2*11H,4-10H2,1-3H3;10H,4-9H2,1-3H3;10H,4-9H2,1-3H3;1H4. The largest absolute Gasteiger partial charge is 0.385 e. The van der Waals surface area contributed by atoms with E-state index in [1.165, 1.54) is 281 Å². The lowest BCUT2D eigenvalue weighted by Gasteiger charge is -2.40. The zero-order valence-electron chi connectivity index (χ0n) is 105. The van der Waals surface area contributed by atoms with Crippen LogP contribution in [-0.4, -0.2) is 604 Å². The van der Waals surface area contributed by atoms with Crippen molar-refractivity contribution >= 4 is 0 Å². The monoisotopic (exact) mass is 2100 g/mol. The maximum absolute atomic E-state index is 5.75. The molecule has 10 heterocycles. The van der Waals surface area contributed by atoms with E-state index in [0.29, 0.717) is 84.7 Å². The van der Waals surface area contributed by atoms with Crippen molar-refractivity contribution in [1.29, 1.82) is 0 Å². The molecule has 0 N–H and O–H groups in total. The first-order valence-corrected chi connectivity index (χ1v) is 59.5. The fraction of sp³-hybridized carbons (Fsp3) is 1.00. The number of hydrogen-bond donors (Lipinski definition) is 0. The topological polar surface area (TPSA) is 148 Å². The third-order valence-corrected chi connectivity index (χ3v) is 31.1. The maximum Gasteiger partial charge on any atom is 0.0749 e. The second-order valence-corrected chi connectivity index (χ2v) is 49.1. The van der Waals surface area contributed by atoms with Gasteiger partial charge in [-0.3, -0.25) is 88.2 Å². The number of rotatable bonds is 43. The molecule has 0 aliphatic carbocycles. The van der Waals surface area contributed by atoms with Crippen molar-refractivity contribution in [2.24, 2.45) is 11.3 Å². The first kappa shape index (κ1) is 146. The van der Waals surface area contributed by atoms with Crippen LogP contribution in [0.3, 0.4) is 0 Å². The molecule has 10 fully saturated rings. The summed E-state index contributed by atoms with van der Waals surface area (Å²) in [5.41, 5.74) is 0.212. The summed E-state index contributed by atoms with van der Waals surface area (Å²) in [6.45, 7) is 143. The molecule has 884 valence electrons. The molecule has 3 atom stereocenters. The fourth-order valence-corrected chi connectivity index (χ4v) is 19.8. The van der Waals surface area contributed by atoms with E-state index in [0.717, 1.165) is 104 Å². The summed E-state index contributed by atoms with van der Waals surface area (Å²) in [7, 11) is 10.8. The Morgan fingerprint density at radius 1 is 0.252 bits per heavy atom. The Balaban J connectivity index is 0.00000161. The molecule has 0 aromatic heterocycles. The first-order chi connectivity index (χ1) is 68.9. The van der Waals surface area contributed by atoms with Crippen LogP contribution in [0.15, 0.2) is 0 Å². The van der Waals surface area contributed by atoms with Crippen LogP contribution in [0.25, 0.3) is 0 Å². The summed E-state index contributed by atoms with van der Waals surface area (Å²) >= 11 is 0. The molecule has 10 aliphatic rings. The minimum absolute atomic E-state index is 0. The van der Waals surface area contributed by atoms with Crippen molar-refractivity contribution in [2.75, 3.05) is 410 Å². The van der Waals surface area contributed by atoms with Crippen LogP contribution in [0.2, 0.25) is 0 Å². The van der Waals surface area contributed by atoms with E-state index in [2.05, 4.69) is 340 Å². The zero-order chi connectivity index (χ0) is 110. The van der Waals surface area contributed by atoms with Crippen molar-refractivity contribution in [2.45, 2.75) is 359 Å². The van der Waals surface area contributed by atoms with Gasteiger partial charge in [0.1, 0.15) is 0 Å². The second-order valence-electron chi connectivity index (χ2n) is 49.1. The van der Waals surface area contributed by atoms with E-state index in [9.17, 15) is 0 Å². The van der Waals surface area contributed by atoms with Crippen molar-refractivity contribution in [1.82, 2.24) is 98.0 Å². The highest BCUT2D eigenvalue weighted by molar-refractivity contribution is 4.87. The number of nitrogens with zero attached hydrogens (tertiary/aromatic N) is 20. The predicted molar refractivity (Wildman–Crippen MR) is 634 cm³/mol. The lowest BCUT2D eigenvalue weighted by molar-refractivity contribution is -0.0203. The minimum Gasteiger partial charge on any atom is -0.385 e. The summed E-state index contributed by atoms with van der Waals surface area (Å²) < 4.78 is 48.7. The van der Waals surface area contributed by atoms with Gasteiger partial charge in [-0.15, -0.1) is 0 Å². The van der Waals surface area contributed by atoms with Crippen LogP contribution in [0.1, 0.15) is 263 Å². The Morgan fingerprint density at radius 3 is 0.748 bits per heavy atom. The van der Waals surface area contributed by atoms with E-state index in [-0.39, 0.29) is 24.0 Å². The van der Waals surface area contributed by atoms with Crippen LogP contribution < -0.4 is 0 Å². The van der Waals surface area contributed by atoms with Gasteiger partial charge in [-0.05, 0) is 232 Å². The molecule has 0 amide bonds. The molecule has 0 radical (unpaired) electrons. The van der Waals surface area contributed by atoms with Crippen LogP contribution in [0.5, 0.6) is 0 Å². The van der Waals surface area contributed by atoms with Crippen LogP contribution in [0, 0.1) is 11.3 Å². The average molecular weight is 2100 g/mol. The number of ether oxygens (including phenoxy) is 9. The van der Waals surface area contributed by atoms with E-state index < -0.39 is 0 Å². The highest BCUT2D eigenvalue weighted by Crippen LogP contribution is 2.25. The SMILES string of the molecule is C.CC(C)N1CCN(CCOC(C)(C)C)CC1.CC(C)OCCN1CCN(C(C)C)CC1.CCCN1CCN(C(C)C)CC1.CCOCCN1CCN(C(C)C)CC1.COC(C)(C)CN1CCN(C(C)C)CC1.COC(C)CN1CCN(C(C)C)CC1.COC(CN1CCN(C(C)C)CC1)C(C)(C)C.COC(CN1CCN(C(C)C)CC1)C(C)C.COCCCN1CCN(C(C)C)CC1.COCCN1CCN(C(C)C)CC1. The zero-order valence-corrected chi connectivity index (χ0v) is 105. The van der Waals surface area contributed by atoms with E-state index in [1.54, 1.807) is 28.4 Å². The second kappa shape index (κ2) is 84.0. The Hall–Kier alpha value is -1.16. The van der Waals surface area contributed by atoms with Crippen LogP contribution in [-0.2, 0) is 42.6 Å². The maximum atomic E-state index is 5.75. The molecule has 29 nitrogen and oxygen atoms in total. The Morgan fingerprint density at radius 2 is 0.510 bits per heavy atom. The molecule has 29 heteroatoms. The van der Waals surface area contributed by atoms with Gasteiger partial charge < -0.3 is 52.4 Å². The van der Waals surface area contributed by atoms with Crippen LogP contribution >= 0.6 is 0 Å². The molecule has 10 aliphatic heterocycles. The molecular formula is C118H258N20O9. The molecule has 10 rings (SSSR count). The molecular weight excluding hydrogens is 1840 g/mol. The quantitative estimate of drug-likeness (QED) is 0.0533. The summed E-state index contributed by atoms with van der Waals surface area (Å²) in [6.07, 6.45) is 3.89. The Bertz CT molecular complexity index is 2840. The van der Waals surface area contributed by atoms with Gasteiger partial charge in [-0.1, -0.05) is 49.0 Å². The van der Waals surface area contributed by atoms with Gasteiger partial charge in [-0.25, -0.2) is 0 Å². The van der Waals surface area contributed by atoms with E-state index in [1.807, 2.05) is 14.2 Å².